The summed E-state index contributed by atoms with van der Waals surface area (Å²) >= 11 is 3.43. The summed E-state index contributed by atoms with van der Waals surface area (Å²) in [6.45, 7) is 2.26. The SMILES string of the molecule is C[C@@]12CC[C@@H](Br)C(=O)[C@@H]1CC2. The Bertz CT molecular complexity index is 202. The molecule has 2 aliphatic rings. The first-order valence-electron chi connectivity index (χ1n) is 4.31. The van der Waals surface area contributed by atoms with E-state index in [0.717, 1.165) is 12.8 Å². The van der Waals surface area contributed by atoms with E-state index in [0.29, 0.717) is 17.1 Å². The molecular formula is C9H13BrO. The molecule has 0 heterocycles. The molecule has 0 bridgehead atoms. The van der Waals surface area contributed by atoms with Gasteiger partial charge in [-0.1, -0.05) is 22.9 Å². The van der Waals surface area contributed by atoms with E-state index in [1.807, 2.05) is 0 Å². The van der Waals surface area contributed by atoms with Crippen LogP contribution in [-0.4, -0.2) is 10.6 Å². The summed E-state index contributed by atoms with van der Waals surface area (Å²) in [6.07, 6.45) is 4.69. The quantitative estimate of drug-likeness (QED) is 0.570. The van der Waals surface area contributed by atoms with Gasteiger partial charge in [0.2, 0.25) is 0 Å². The predicted octanol–water partition coefficient (Wildman–Crippen LogP) is 2.53. The lowest BCUT2D eigenvalue weighted by Crippen LogP contribution is -2.49. The van der Waals surface area contributed by atoms with E-state index >= 15 is 0 Å². The molecule has 0 spiro atoms. The number of rotatable bonds is 0. The van der Waals surface area contributed by atoms with Crippen molar-refractivity contribution in [1.29, 1.82) is 0 Å². The molecule has 1 nitrogen and oxygen atoms in total. The first-order chi connectivity index (χ1) is 5.13. The topological polar surface area (TPSA) is 17.1 Å². The molecular weight excluding hydrogens is 204 g/mol. The van der Waals surface area contributed by atoms with E-state index in [2.05, 4.69) is 22.9 Å². The van der Waals surface area contributed by atoms with Crippen molar-refractivity contribution in [2.75, 3.05) is 0 Å². The van der Waals surface area contributed by atoms with Gasteiger partial charge in [0.1, 0.15) is 5.78 Å². The van der Waals surface area contributed by atoms with Gasteiger partial charge in [0.25, 0.3) is 0 Å². The summed E-state index contributed by atoms with van der Waals surface area (Å²) in [7, 11) is 0. The standard InChI is InChI=1S/C9H13BrO/c1-9-4-2-6(9)8(11)7(10)3-5-9/h6-7H,2-5H2,1H3/t6-,7+,9+/m0/s1. The van der Waals surface area contributed by atoms with Crippen molar-refractivity contribution in [3.63, 3.8) is 0 Å². The van der Waals surface area contributed by atoms with Crippen LogP contribution in [0.25, 0.3) is 0 Å². The van der Waals surface area contributed by atoms with Crippen molar-refractivity contribution >= 4 is 21.7 Å². The second kappa shape index (κ2) is 2.32. The molecule has 0 N–H and O–H groups in total. The minimum absolute atomic E-state index is 0.167. The van der Waals surface area contributed by atoms with Crippen LogP contribution < -0.4 is 0 Å². The molecule has 0 radical (unpaired) electrons. The molecule has 0 aromatic carbocycles. The Morgan fingerprint density at radius 3 is 2.55 bits per heavy atom. The number of carbonyl (C=O) groups excluding carboxylic acids is 1. The summed E-state index contributed by atoms with van der Waals surface area (Å²) < 4.78 is 0. The highest BCUT2D eigenvalue weighted by Crippen LogP contribution is 2.54. The van der Waals surface area contributed by atoms with Crippen LogP contribution in [0, 0.1) is 11.3 Å². The normalized spacial score (nSPS) is 49.8. The summed E-state index contributed by atoms with van der Waals surface area (Å²) in [5.74, 6) is 0.852. The number of carbonyl (C=O) groups is 1. The average Bonchev–Trinajstić information content (AvgIpc) is 1.95. The molecule has 62 valence electrons. The van der Waals surface area contributed by atoms with Crippen LogP contribution in [0.1, 0.15) is 32.6 Å². The maximum absolute atomic E-state index is 11.5. The Balaban J connectivity index is 2.17. The number of hydrogen-bond donors (Lipinski definition) is 0. The maximum Gasteiger partial charge on any atom is 0.150 e. The molecule has 2 aliphatic carbocycles. The largest absolute Gasteiger partial charge is 0.298 e. The second-order valence-corrected chi connectivity index (χ2v) is 5.26. The average molecular weight is 217 g/mol. The van der Waals surface area contributed by atoms with Crippen molar-refractivity contribution in [3.05, 3.63) is 0 Å². The predicted molar refractivity (Wildman–Crippen MR) is 47.8 cm³/mol. The van der Waals surface area contributed by atoms with Gasteiger partial charge in [-0.05, 0) is 31.1 Å². The minimum atomic E-state index is 0.167. The number of ketones is 1. The Labute approximate surface area is 75.7 Å². The fourth-order valence-corrected chi connectivity index (χ4v) is 2.93. The monoisotopic (exact) mass is 216 g/mol. The highest BCUT2D eigenvalue weighted by molar-refractivity contribution is 9.10. The van der Waals surface area contributed by atoms with Gasteiger partial charge < -0.3 is 0 Å². The number of hydrogen-bond acceptors (Lipinski definition) is 1. The third kappa shape index (κ3) is 0.986. The van der Waals surface area contributed by atoms with Gasteiger partial charge in [0.15, 0.2) is 0 Å². The Hall–Kier alpha value is 0.150. The summed E-state index contributed by atoms with van der Waals surface area (Å²) in [6, 6.07) is 0. The molecule has 2 heteroatoms. The fourth-order valence-electron chi connectivity index (χ4n) is 2.38. The summed E-state index contributed by atoms with van der Waals surface area (Å²) in [4.78, 5) is 11.7. The van der Waals surface area contributed by atoms with Crippen LogP contribution in [0.2, 0.25) is 0 Å². The van der Waals surface area contributed by atoms with Crippen molar-refractivity contribution in [2.45, 2.75) is 37.4 Å². The van der Waals surface area contributed by atoms with Crippen molar-refractivity contribution in [2.24, 2.45) is 11.3 Å². The number of fused-ring (bicyclic) bond motifs is 1. The van der Waals surface area contributed by atoms with E-state index in [1.54, 1.807) is 0 Å². The Kier molecular flexibility index (Phi) is 1.64. The van der Waals surface area contributed by atoms with Crippen LogP contribution >= 0.6 is 15.9 Å². The zero-order valence-electron chi connectivity index (χ0n) is 6.77. The number of halogens is 1. The number of Topliss-reactive ketones (excluding diaryl/α,β-unsaturated/α-hetero) is 1. The van der Waals surface area contributed by atoms with Gasteiger partial charge in [-0.3, -0.25) is 4.79 Å². The lowest BCUT2D eigenvalue weighted by atomic mass is 9.54. The Morgan fingerprint density at radius 2 is 2.09 bits per heavy atom. The highest BCUT2D eigenvalue weighted by Gasteiger charge is 2.50. The molecule has 0 aliphatic heterocycles. The number of alkyl halides is 1. The fraction of sp³-hybridized carbons (Fsp3) is 0.889. The molecule has 2 rings (SSSR count). The van der Waals surface area contributed by atoms with Gasteiger partial charge in [-0.25, -0.2) is 0 Å². The zero-order valence-corrected chi connectivity index (χ0v) is 8.36. The zero-order chi connectivity index (χ0) is 8.06. The Morgan fingerprint density at radius 1 is 1.45 bits per heavy atom. The van der Waals surface area contributed by atoms with E-state index in [4.69, 9.17) is 0 Å². The maximum atomic E-state index is 11.5. The molecule has 2 fully saturated rings. The third-order valence-electron chi connectivity index (χ3n) is 3.47. The van der Waals surface area contributed by atoms with E-state index in [-0.39, 0.29) is 4.83 Å². The van der Waals surface area contributed by atoms with Crippen LogP contribution in [0.3, 0.4) is 0 Å². The lowest BCUT2D eigenvalue weighted by molar-refractivity contribution is -0.136. The van der Waals surface area contributed by atoms with Crippen molar-refractivity contribution in [3.8, 4) is 0 Å². The van der Waals surface area contributed by atoms with E-state index < -0.39 is 0 Å². The molecule has 2 saturated carbocycles. The van der Waals surface area contributed by atoms with E-state index in [9.17, 15) is 4.79 Å². The molecule has 0 amide bonds. The lowest BCUT2D eigenvalue weighted by Gasteiger charge is -2.50. The molecule has 0 unspecified atom stereocenters. The molecule has 0 saturated heterocycles. The molecule has 3 atom stereocenters. The first kappa shape index (κ1) is 7.78. The van der Waals surface area contributed by atoms with Gasteiger partial charge in [-0.2, -0.15) is 0 Å². The van der Waals surface area contributed by atoms with Gasteiger partial charge in [-0.15, -0.1) is 0 Å². The van der Waals surface area contributed by atoms with Crippen LogP contribution in [0.4, 0.5) is 0 Å². The molecule has 0 aromatic rings. The molecule has 11 heavy (non-hydrogen) atoms. The van der Waals surface area contributed by atoms with Crippen molar-refractivity contribution < 1.29 is 4.79 Å². The third-order valence-corrected chi connectivity index (χ3v) is 4.38. The minimum Gasteiger partial charge on any atom is -0.298 e. The van der Waals surface area contributed by atoms with E-state index in [1.165, 1.54) is 12.8 Å². The molecule has 0 aromatic heterocycles. The second-order valence-electron chi connectivity index (χ2n) is 4.15. The van der Waals surface area contributed by atoms with Crippen molar-refractivity contribution in [1.82, 2.24) is 0 Å². The van der Waals surface area contributed by atoms with Crippen LogP contribution in [0.5, 0.6) is 0 Å². The summed E-state index contributed by atoms with van der Waals surface area (Å²) in [5.41, 5.74) is 0.390. The van der Waals surface area contributed by atoms with Crippen LogP contribution in [0.15, 0.2) is 0 Å². The van der Waals surface area contributed by atoms with Crippen LogP contribution in [-0.2, 0) is 4.79 Å². The van der Waals surface area contributed by atoms with Gasteiger partial charge in [0, 0.05) is 5.92 Å². The first-order valence-corrected chi connectivity index (χ1v) is 5.23. The van der Waals surface area contributed by atoms with Gasteiger partial charge >= 0.3 is 0 Å². The highest BCUT2D eigenvalue weighted by atomic mass is 79.9. The van der Waals surface area contributed by atoms with Gasteiger partial charge in [0.05, 0.1) is 4.83 Å². The summed E-state index contributed by atoms with van der Waals surface area (Å²) in [5, 5.41) is 0. The smallest absolute Gasteiger partial charge is 0.150 e.